The van der Waals surface area contributed by atoms with Gasteiger partial charge in [-0.25, -0.2) is 4.79 Å². The molecular weight excluding hydrogens is 532 g/mol. The smallest absolute Gasteiger partial charge is 0.323 e. The van der Waals surface area contributed by atoms with Crippen LogP contribution in [0.5, 0.6) is 5.75 Å². The SMILES string of the molecule is COc1cc(CC(=O)Nc2ccc(C(CC(=O)O)NCc3ccccc3)cc2)ccc1NC(=O)Nc1ccccc1C. The molecule has 0 fully saturated rings. The van der Waals surface area contributed by atoms with Crippen LogP contribution < -0.4 is 26.0 Å². The number of hydrogen-bond donors (Lipinski definition) is 5. The van der Waals surface area contributed by atoms with Crippen molar-refractivity contribution in [1.29, 1.82) is 0 Å². The summed E-state index contributed by atoms with van der Waals surface area (Å²) in [7, 11) is 1.50. The fraction of sp³-hybridized carbons (Fsp3) is 0.182. The number of ether oxygens (including phenoxy) is 1. The number of aliphatic carboxylic acids is 1. The first kappa shape index (κ1) is 29.8. The van der Waals surface area contributed by atoms with E-state index in [-0.39, 0.29) is 24.8 Å². The van der Waals surface area contributed by atoms with Crippen molar-refractivity contribution in [3.05, 3.63) is 119 Å². The highest BCUT2D eigenvalue weighted by Crippen LogP contribution is 2.27. The number of aryl methyl sites for hydroxylation is 1. The van der Waals surface area contributed by atoms with Crippen LogP contribution in [0.25, 0.3) is 0 Å². The summed E-state index contributed by atoms with van der Waals surface area (Å²) in [5.74, 6) is -0.703. The Kier molecular flexibility index (Phi) is 10.3. The van der Waals surface area contributed by atoms with E-state index in [2.05, 4.69) is 21.3 Å². The van der Waals surface area contributed by atoms with Gasteiger partial charge in [0.25, 0.3) is 0 Å². The molecule has 216 valence electrons. The zero-order chi connectivity index (χ0) is 29.9. The molecule has 0 aliphatic rings. The van der Waals surface area contributed by atoms with Gasteiger partial charge >= 0.3 is 12.0 Å². The third kappa shape index (κ3) is 8.67. The summed E-state index contributed by atoms with van der Waals surface area (Å²) in [6.45, 7) is 2.44. The van der Waals surface area contributed by atoms with Gasteiger partial charge in [-0.15, -0.1) is 0 Å². The first-order chi connectivity index (χ1) is 20.3. The number of anilines is 3. The monoisotopic (exact) mass is 566 g/mol. The van der Waals surface area contributed by atoms with Gasteiger partial charge in [-0.05, 0) is 59.5 Å². The van der Waals surface area contributed by atoms with Crippen molar-refractivity contribution >= 4 is 35.0 Å². The zero-order valence-electron chi connectivity index (χ0n) is 23.5. The van der Waals surface area contributed by atoms with Crippen LogP contribution in [-0.2, 0) is 22.6 Å². The van der Waals surface area contributed by atoms with Gasteiger partial charge in [0.05, 0.1) is 25.6 Å². The highest BCUT2D eigenvalue weighted by atomic mass is 16.5. The second-order valence-corrected chi connectivity index (χ2v) is 9.79. The Morgan fingerprint density at radius 2 is 1.48 bits per heavy atom. The molecule has 9 nitrogen and oxygen atoms in total. The van der Waals surface area contributed by atoms with Gasteiger partial charge in [-0.1, -0.05) is 66.7 Å². The van der Waals surface area contributed by atoms with E-state index >= 15 is 0 Å². The van der Waals surface area contributed by atoms with E-state index in [0.717, 1.165) is 16.7 Å². The molecule has 1 atom stereocenters. The first-order valence-corrected chi connectivity index (χ1v) is 13.5. The molecule has 4 aromatic carbocycles. The lowest BCUT2D eigenvalue weighted by Crippen LogP contribution is -2.23. The molecular formula is C33H34N4O5. The third-order valence-electron chi connectivity index (χ3n) is 6.64. The minimum Gasteiger partial charge on any atom is -0.495 e. The number of amides is 3. The first-order valence-electron chi connectivity index (χ1n) is 13.5. The topological polar surface area (TPSA) is 129 Å². The van der Waals surface area contributed by atoms with Gasteiger partial charge in [0.15, 0.2) is 0 Å². The second-order valence-electron chi connectivity index (χ2n) is 9.79. The number of carboxylic acids is 1. The van der Waals surface area contributed by atoms with Crippen molar-refractivity contribution in [2.45, 2.75) is 32.4 Å². The molecule has 9 heteroatoms. The largest absolute Gasteiger partial charge is 0.495 e. The number of hydrogen-bond acceptors (Lipinski definition) is 5. The number of carbonyl (C=O) groups excluding carboxylic acids is 2. The quantitative estimate of drug-likeness (QED) is 0.140. The molecule has 4 aromatic rings. The molecule has 4 rings (SSSR count). The molecule has 0 heterocycles. The van der Waals surface area contributed by atoms with Gasteiger partial charge in [-0.3, -0.25) is 9.59 Å². The summed E-state index contributed by atoms with van der Waals surface area (Å²) >= 11 is 0. The number of rotatable bonds is 12. The Labute approximate surface area is 244 Å². The molecule has 0 saturated heterocycles. The van der Waals surface area contributed by atoms with Crippen LogP contribution in [0.3, 0.4) is 0 Å². The fourth-order valence-corrected chi connectivity index (χ4v) is 4.45. The number of benzene rings is 4. The minimum atomic E-state index is -0.901. The Balaban J connectivity index is 1.34. The van der Waals surface area contributed by atoms with Crippen molar-refractivity contribution in [3.8, 4) is 5.75 Å². The van der Waals surface area contributed by atoms with Crippen molar-refractivity contribution in [1.82, 2.24) is 5.32 Å². The van der Waals surface area contributed by atoms with Gasteiger partial charge < -0.3 is 31.1 Å². The van der Waals surface area contributed by atoms with Crippen LogP contribution in [0.15, 0.2) is 97.1 Å². The number of para-hydroxylation sites is 1. The lowest BCUT2D eigenvalue weighted by molar-refractivity contribution is -0.137. The fourth-order valence-electron chi connectivity index (χ4n) is 4.45. The van der Waals surface area contributed by atoms with Crippen LogP contribution in [0, 0.1) is 6.92 Å². The minimum absolute atomic E-state index is 0.0707. The predicted octanol–water partition coefficient (Wildman–Crippen LogP) is 6.13. The Morgan fingerprint density at radius 3 is 2.17 bits per heavy atom. The van der Waals surface area contributed by atoms with Gasteiger partial charge in [-0.2, -0.15) is 0 Å². The summed E-state index contributed by atoms with van der Waals surface area (Å²) < 4.78 is 5.45. The zero-order valence-corrected chi connectivity index (χ0v) is 23.5. The number of methoxy groups -OCH3 is 1. The van der Waals surface area contributed by atoms with Crippen LogP contribution >= 0.6 is 0 Å². The number of carboxylic acid groups (broad SMARTS) is 1. The molecule has 0 aliphatic heterocycles. The van der Waals surface area contributed by atoms with Crippen LogP contribution in [-0.4, -0.2) is 30.1 Å². The molecule has 0 spiro atoms. The maximum absolute atomic E-state index is 12.8. The van der Waals surface area contributed by atoms with Crippen molar-refractivity contribution in [2.75, 3.05) is 23.1 Å². The summed E-state index contributed by atoms with van der Waals surface area (Å²) in [5.41, 5.74) is 5.29. The molecule has 0 bridgehead atoms. The Hall–Kier alpha value is -5.15. The van der Waals surface area contributed by atoms with Crippen molar-refractivity contribution in [3.63, 3.8) is 0 Å². The molecule has 42 heavy (non-hydrogen) atoms. The van der Waals surface area contributed by atoms with E-state index < -0.39 is 12.0 Å². The lowest BCUT2D eigenvalue weighted by atomic mass is 10.0. The molecule has 0 radical (unpaired) electrons. The van der Waals surface area contributed by atoms with Crippen LogP contribution in [0.1, 0.15) is 34.7 Å². The predicted molar refractivity (Wildman–Crippen MR) is 164 cm³/mol. The van der Waals surface area contributed by atoms with E-state index in [1.165, 1.54) is 7.11 Å². The van der Waals surface area contributed by atoms with Gasteiger partial charge in [0.2, 0.25) is 5.91 Å². The molecule has 0 aliphatic carbocycles. The average molecular weight is 567 g/mol. The van der Waals surface area contributed by atoms with E-state index in [1.807, 2.05) is 73.7 Å². The summed E-state index contributed by atoms with van der Waals surface area (Å²) in [6, 6.07) is 28.7. The number of urea groups is 1. The van der Waals surface area contributed by atoms with Crippen molar-refractivity contribution in [2.24, 2.45) is 0 Å². The highest BCUT2D eigenvalue weighted by molar-refractivity contribution is 6.01. The summed E-state index contributed by atoms with van der Waals surface area (Å²) in [6.07, 6.45) is 0.0207. The molecule has 0 saturated carbocycles. The third-order valence-corrected chi connectivity index (χ3v) is 6.64. The maximum Gasteiger partial charge on any atom is 0.323 e. The number of nitrogens with one attached hydrogen (secondary N) is 4. The van der Waals surface area contributed by atoms with E-state index in [9.17, 15) is 19.5 Å². The normalized spacial score (nSPS) is 11.3. The molecule has 1 unspecified atom stereocenters. The maximum atomic E-state index is 12.8. The van der Waals surface area contributed by atoms with Gasteiger partial charge in [0, 0.05) is 24.0 Å². The molecule has 0 aromatic heterocycles. The van der Waals surface area contributed by atoms with E-state index in [1.54, 1.807) is 30.3 Å². The van der Waals surface area contributed by atoms with Gasteiger partial charge in [0.1, 0.15) is 5.75 Å². The molecule has 3 amide bonds. The Bertz CT molecular complexity index is 1520. The second kappa shape index (κ2) is 14.5. The summed E-state index contributed by atoms with van der Waals surface area (Å²) in [5, 5.41) is 21.2. The van der Waals surface area contributed by atoms with E-state index in [0.29, 0.717) is 34.9 Å². The average Bonchev–Trinajstić information content (AvgIpc) is 2.98. The summed E-state index contributed by atoms with van der Waals surface area (Å²) in [4.78, 5) is 36.8. The molecule has 5 N–H and O–H groups in total. The Morgan fingerprint density at radius 1 is 0.786 bits per heavy atom. The van der Waals surface area contributed by atoms with Crippen molar-refractivity contribution < 1.29 is 24.2 Å². The highest BCUT2D eigenvalue weighted by Gasteiger charge is 2.16. The van der Waals surface area contributed by atoms with E-state index in [4.69, 9.17) is 4.74 Å². The van der Waals surface area contributed by atoms with Crippen LogP contribution in [0.4, 0.5) is 21.9 Å². The number of carbonyl (C=O) groups is 3. The lowest BCUT2D eigenvalue weighted by Gasteiger charge is -2.18. The van der Waals surface area contributed by atoms with Crippen LogP contribution in [0.2, 0.25) is 0 Å². The standard InChI is InChI=1S/C33H34N4O5/c1-22-8-6-7-11-27(22)36-33(41)37-28-17-12-24(18-30(28)42-2)19-31(38)35-26-15-13-25(14-16-26)29(20-32(39)40)34-21-23-9-4-3-5-10-23/h3-18,29,34H,19-21H2,1-2H3,(H,35,38)(H,39,40)(H2,36,37,41).